The van der Waals surface area contributed by atoms with E-state index < -0.39 is 6.10 Å². The zero-order valence-electron chi connectivity index (χ0n) is 10.8. The average molecular weight is 262 g/mol. The first-order chi connectivity index (χ1) is 9.15. The molecule has 1 aromatic carbocycles. The molecule has 0 fully saturated rings. The first-order valence-electron chi connectivity index (χ1n) is 6.08. The number of rotatable bonds is 5. The van der Waals surface area contributed by atoms with E-state index in [2.05, 4.69) is 5.32 Å². The minimum Gasteiger partial charge on any atom is -0.464 e. The fraction of sp³-hybridized carbons (Fsp3) is 0.286. The third kappa shape index (κ3) is 2.89. The van der Waals surface area contributed by atoms with Crippen LogP contribution in [0, 0.1) is 0 Å². The maximum atomic E-state index is 9.54. The number of benzene rings is 1. The quantitative estimate of drug-likeness (QED) is 0.612. The lowest BCUT2D eigenvalue weighted by Gasteiger charge is -2.14. The maximum absolute atomic E-state index is 9.54. The van der Waals surface area contributed by atoms with E-state index in [1.807, 2.05) is 18.2 Å². The highest BCUT2D eigenvalue weighted by Crippen LogP contribution is 2.33. The Balaban J connectivity index is 2.44. The van der Waals surface area contributed by atoms with Gasteiger partial charge < -0.3 is 25.7 Å². The molecule has 1 aromatic heterocycles. The third-order valence-electron chi connectivity index (χ3n) is 2.98. The van der Waals surface area contributed by atoms with Crippen LogP contribution in [0.5, 0.6) is 0 Å². The summed E-state index contributed by atoms with van der Waals surface area (Å²) in [6.07, 6.45) is 1.17. The summed E-state index contributed by atoms with van der Waals surface area (Å²) in [6.45, 7) is -0.269. The van der Waals surface area contributed by atoms with Crippen molar-refractivity contribution in [2.24, 2.45) is 0 Å². The summed E-state index contributed by atoms with van der Waals surface area (Å²) >= 11 is 0. The van der Waals surface area contributed by atoms with Crippen LogP contribution in [0.4, 0.5) is 11.4 Å². The molecule has 2 rings (SSSR count). The molecule has 0 aliphatic heterocycles. The van der Waals surface area contributed by atoms with Crippen molar-refractivity contribution >= 4 is 11.4 Å². The first-order valence-corrected chi connectivity index (χ1v) is 6.08. The molecule has 0 amide bonds. The van der Waals surface area contributed by atoms with E-state index in [0.29, 0.717) is 17.9 Å². The Morgan fingerprint density at radius 1 is 1.42 bits per heavy atom. The van der Waals surface area contributed by atoms with Crippen molar-refractivity contribution in [3.8, 4) is 11.3 Å². The number of nitrogens with two attached hydrogens (primary N) is 1. The molecule has 1 unspecified atom stereocenters. The molecular formula is C14H18N2O3. The van der Waals surface area contributed by atoms with Gasteiger partial charge in [0.1, 0.15) is 5.76 Å². The van der Waals surface area contributed by atoms with E-state index >= 15 is 0 Å². The molecule has 0 radical (unpaired) electrons. The SMILES string of the molecule is CNc1cc(CC(O)CO)cc(-c2ccco2)c1N. The predicted octanol–water partition coefficient (Wildman–Crippen LogP) is 1.47. The molecule has 2 aromatic rings. The van der Waals surface area contributed by atoms with Gasteiger partial charge >= 0.3 is 0 Å². The van der Waals surface area contributed by atoms with E-state index in [4.69, 9.17) is 15.3 Å². The minimum atomic E-state index is -0.780. The Morgan fingerprint density at radius 3 is 2.79 bits per heavy atom. The van der Waals surface area contributed by atoms with E-state index in [-0.39, 0.29) is 6.61 Å². The second-order valence-corrected chi connectivity index (χ2v) is 4.37. The van der Waals surface area contributed by atoms with E-state index in [0.717, 1.165) is 16.8 Å². The molecule has 5 N–H and O–H groups in total. The number of hydrogen-bond donors (Lipinski definition) is 4. The van der Waals surface area contributed by atoms with Gasteiger partial charge in [-0.3, -0.25) is 0 Å². The summed E-state index contributed by atoms with van der Waals surface area (Å²) in [6, 6.07) is 7.36. The van der Waals surface area contributed by atoms with Crippen molar-refractivity contribution in [1.29, 1.82) is 0 Å². The maximum Gasteiger partial charge on any atom is 0.136 e. The largest absolute Gasteiger partial charge is 0.464 e. The zero-order valence-corrected chi connectivity index (χ0v) is 10.8. The van der Waals surface area contributed by atoms with Crippen LogP contribution >= 0.6 is 0 Å². The van der Waals surface area contributed by atoms with Crippen molar-refractivity contribution in [2.75, 3.05) is 24.7 Å². The van der Waals surface area contributed by atoms with E-state index in [1.165, 1.54) is 0 Å². The lowest BCUT2D eigenvalue weighted by molar-refractivity contribution is 0.0955. The molecular weight excluding hydrogens is 244 g/mol. The van der Waals surface area contributed by atoms with Crippen molar-refractivity contribution in [1.82, 2.24) is 0 Å². The molecule has 5 nitrogen and oxygen atoms in total. The number of hydrogen-bond acceptors (Lipinski definition) is 5. The van der Waals surface area contributed by atoms with Gasteiger partial charge in [0.25, 0.3) is 0 Å². The lowest BCUT2D eigenvalue weighted by Crippen LogP contribution is -2.15. The van der Waals surface area contributed by atoms with Crippen LogP contribution in [-0.4, -0.2) is 30.0 Å². The van der Waals surface area contributed by atoms with Gasteiger partial charge in [0.15, 0.2) is 0 Å². The fourth-order valence-corrected chi connectivity index (χ4v) is 2.01. The van der Waals surface area contributed by atoms with Crippen molar-refractivity contribution in [3.05, 3.63) is 36.1 Å². The second-order valence-electron chi connectivity index (χ2n) is 4.37. The molecule has 1 heterocycles. The van der Waals surface area contributed by atoms with Gasteiger partial charge in [-0.2, -0.15) is 0 Å². The number of furan rings is 1. The smallest absolute Gasteiger partial charge is 0.136 e. The number of aliphatic hydroxyl groups is 2. The summed E-state index contributed by atoms with van der Waals surface area (Å²) in [5.74, 6) is 0.675. The molecule has 0 saturated heterocycles. The molecule has 102 valence electrons. The van der Waals surface area contributed by atoms with Crippen LogP contribution in [-0.2, 0) is 6.42 Å². The van der Waals surface area contributed by atoms with Crippen LogP contribution in [0.2, 0.25) is 0 Å². The van der Waals surface area contributed by atoms with Gasteiger partial charge in [0.2, 0.25) is 0 Å². The number of anilines is 2. The standard InChI is InChI=1S/C14H18N2O3/c1-16-12-7-9(5-10(18)8-17)6-11(14(12)15)13-3-2-4-19-13/h2-4,6-7,10,16-18H,5,8,15H2,1H3. The topological polar surface area (TPSA) is 91.6 Å². The van der Waals surface area contributed by atoms with Crippen LogP contribution in [0.3, 0.4) is 0 Å². The molecule has 0 bridgehead atoms. The Morgan fingerprint density at radius 2 is 2.21 bits per heavy atom. The van der Waals surface area contributed by atoms with E-state index in [1.54, 1.807) is 19.4 Å². The highest BCUT2D eigenvalue weighted by molar-refractivity contribution is 5.84. The number of nitrogen functional groups attached to an aromatic ring is 1. The fourth-order valence-electron chi connectivity index (χ4n) is 2.01. The van der Waals surface area contributed by atoms with Crippen molar-refractivity contribution in [2.45, 2.75) is 12.5 Å². The molecule has 1 atom stereocenters. The molecule has 0 spiro atoms. The van der Waals surface area contributed by atoms with Crippen molar-refractivity contribution < 1.29 is 14.6 Å². The Labute approximate surface area is 111 Å². The van der Waals surface area contributed by atoms with Gasteiger partial charge in [0, 0.05) is 19.0 Å². The van der Waals surface area contributed by atoms with Crippen LogP contribution in [0.1, 0.15) is 5.56 Å². The van der Waals surface area contributed by atoms with Gasteiger partial charge in [0.05, 0.1) is 30.3 Å². The molecule has 0 aliphatic rings. The molecule has 5 heteroatoms. The Bertz CT molecular complexity index is 538. The van der Waals surface area contributed by atoms with Gasteiger partial charge in [-0.1, -0.05) is 0 Å². The van der Waals surface area contributed by atoms with E-state index in [9.17, 15) is 5.11 Å². The Kier molecular flexibility index (Phi) is 4.09. The van der Waals surface area contributed by atoms with Gasteiger partial charge in [-0.25, -0.2) is 0 Å². The predicted molar refractivity (Wildman–Crippen MR) is 74.9 cm³/mol. The van der Waals surface area contributed by atoms with Gasteiger partial charge in [-0.05, 0) is 29.8 Å². The summed E-state index contributed by atoms with van der Waals surface area (Å²) < 4.78 is 5.37. The Hall–Kier alpha value is -1.98. The van der Waals surface area contributed by atoms with Crippen molar-refractivity contribution in [3.63, 3.8) is 0 Å². The summed E-state index contributed by atoms with van der Waals surface area (Å²) in [4.78, 5) is 0. The van der Waals surface area contributed by atoms with Gasteiger partial charge in [-0.15, -0.1) is 0 Å². The monoisotopic (exact) mass is 262 g/mol. The lowest BCUT2D eigenvalue weighted by atomic mass is 10.0. The normalized spacial score (nSPS) is 12.4. The van der Waals surface area contributed by atoms with Crippen LogP contribution < -0.4 is 11.1 Å². The number of nitrogens with one attached hydrogen (secondary N) is 1. The third-order valence-corrected chi connectivity index (χ3v) is 2.98. The number of aliphatic hydroxyl groups excluding tert-OH is 2. The zero-order chi connectivity index (χ0) is 13.8. The summed E-state index contributed by atoms with van der Waals surface area (Å²) in [5.41, 5.74) is 9.11. The van der Waals surface area contributed by atoms with Crippen LogP contribution in [0.15, 0.2) is 34.9 Å². The molecule has 0 aliphatic carbocycles. The highest BCUT2D eigenvalue weighted by Gasteiger charge is 2.13. The first kappa shape index (κ1) is 13.5. The molecule has 19 heavy (non-hydrogen) atoms. The summed E-state index contributed by atoms with van der Waals surface area (Å²) in [5, 5.41) is 21.5. The van der Waals surface area contributed by atoms with Crippen LogP contribution in [0.25, 0.3) is 11.3 Å². The average Bonchev–Trinajstić information content (AvgIpc) is 2.94. The molecule has 0 saturated carbocycles. The minimum absolute atomic E-state index is 0.269. The summed E-state index contributed by atoms with van der Waals surface area (Å²) in [7, 11) is 1.78. The second kappa shape index (κ2) is 5.77. The highest BCUT2D eigenvalue weighted by atomic mass is 16.3.